The molecule has 0 saturated heterocycles. The van der Waals surface area contributed by atoms with Gasteiger partial charge >= 0.3 is 26.1 Å². The van der Waals surface area contributed by atoms with Crippen molar-refractivity contribution in [3.05, 3.63) is 38.0 Å². The molecule has 98 valence electrons. The molecule has 0 aliphatic heterocycles. The van der Waals surface area contributed by atoms with E-state index in [0.717, 1.165) is 0 Å². The molecule has 0 aromatic carbocycles. The van der Waals surface area contributed by atoms with Gasteiger partial charge in [0.1, 0.15) is 0 Å². The van der Waals surface area contributed by atoms with Crippen LogP contribution in [0.4, 0.5) is 0 Å². The molecule has 1 unspecified atom stereocenters. The number of rotatable bonds is 10. The predicted molar refractivity (Wildman–Crippen MR) is 63.7 cm³/mol. The average Bonchev–Trinajstić information content (AvgIpc) is 2.31. The summed E-state index contributed by atoms with van der Waals surface area (Å²) >= 11 is 0. The Bertz CT molecular complexity index is 354. The predicted octanol–water partition coefficient (Wildman–Crippen LogP) is -0.740. The van der Waals surface area contributed by atoms with Crippen LogP contribution in [0.2, 0.25) is 0 Å². The Morgan fingerprint density at radius 2 is 1.22 bits per heavy atom. The first-order chi connectivity index (χ1) is 7.93. The van der Waals surface area contributed by atoms with Gasteiger partial charge in [-0.05, 0) is 0 Å². The van der Waals surface area contributed by atoms with Crippen molar-refractivity contribution in [1.82, 2.24) is 0 Å². The smallest absolute Gasteiger partial charge is 0.770 e. The van der Waals surface area contributed by atoms with Crippen LogP contribution >= 0.6 is 14.6 Å². The normalized spacial score (nSPS) is 14.1. The zero-order chi connectivity index (χ0) is 13.4. The number of hydrogen-bond donors (Lipinski definition) is 0. The van der Waals surface area contributed by atoms with Crippen LogP contribution in [0, 0.1) is 0 Å². The summed E-state index contributed by atoms with van der Waals surface area (Å²) in [5, 5.41) is 0. The summed E-state index contributed by atoms with van der Waals surface area (Å²) in [6, 6.07) is 0. The third kappa shape index (κ3) is 6.33. The van der Waals surface area contributed by atoms with Crippen LogP contribution in [-0.4, -0.2) is 19.8 Å². The monoisotopic (exact) mass is 288 g/mol. The van der Waals surface area contributed by atoms with Crippen LogP contribution in [-0.2, 0) is 22.7 Å². The molecule has 0 aromatic rings. The molecule has 0 spiro atoms. The Labute approximate surface area is 119 Å². The summed E-state index contributed by atoms with van der Waals surface area (Å²) in [5.74, 6) is 0. The third-order valence-electron chi connectivity index (χ3n) is 1.37. The maximum Gasteiger partial charge on any atom is 1.00 e. The van der Waals surface area contributed by atoms with Crippen molar-refractivity contribution in [1.29, 1.82) is 0 Å². The van der Waals surface area contributed by atoms with Gasteiger partial charge in [0.15, 0.2) is 0 Å². The summed E-state index contributed by atoms with van der Waals surface area (Å²) < 4.78 is 37.4. The molecule has 0 amide bonds. The molecule has 0 N–H and O–H groups in total. The Balaban J connectivity index is 0. The van der Waals surface area contributed by atoms with Crippen molar-refractivity contribution in [3.8, 4) is 0 Å². The fourth-order valence-electron chi connectivity index (χ4n) is 0.690. The van der Waals surface area contributed by atoms with Gasteiger partial charge in [-0.25, -0.2) is 0 Å². The second-order valence-electron chi connectivity index (χ2n) is 2.69. The van der Waals surface area contributed by atoms with E-state index in [-0.39, 0.29) is 38.7 Å². The average molecular weight is 288 g/mol. The van der Waals surface area contributed by atoms with Gasteiger partial charge in [0.25, 0.3) is 0 Å². The van der Waals surface area contributed by atoms with Crippen molar-refractivity contribution in [2.75, 3.05) is 19.8 Å². The quantitative estimate of drug-likeness (QED) is 0.299. The van der Waals surface area contributed by atoms with Gasteiger partial charge in [-0.2, -0.15) is 0 Å². The molecule has 0 radical (unpaired) electrons. The Morgan fingerprint density at radius 1 is 0.889 bits per heavy atom. The fraction of sp³-hybridized carbons (Fsp3) is 0.333. The maximum absolute atomic E-state index is 12.0. The maximum atomic E-state index is 12.0. The number of hydrogen-bond acceptors (Lipinski definition) is 6. The Morgan fingerprint density at radius 3 is 1.56 bits per heavy atom. The largest absolute Gasteiger partial charge is 1.00 e. The van der Waals surface area contributed by atoms with E-state index in [0.29, 0.717) is 0 Å². The minimum Gasteiger partial charge on any atom is -0.770 e. The molecule has 1 atom stereocenters. The van der Waals surface area contributed by atoms with Gasteiger partial charge in [-0.3, -0.25) is 18.2 Å². The zero-order valence-corrected chi connectivity index (χ0v) is 12.1. The molecule has 9 heteroatoms. The molecule has 0 rings (SSSR count). The van der Waals surface area contributed by atoms with Crippen molar-refractivity contribution in [2.24, 2.45) is 0 Å². The van der Waals surface area contributed by atoms with Crippen LogP contribution in [0.3, 0.4) is 0 Å². The molecule has 0 aliphatic rings. The molecule has 0 bridgehead atoms. The molecular weight excluding hydrogens is 273 g/mol. The molecule has 0 fully saturated rings. The van der Waals surface area contributed by atoms with E-state index in [1.165, 1.54) is 18.2 Å². The van der Waals surface area contributed by atoms with Crippen LogP contribution < -0.4 is 23.8 Å². The third-order valence-corrected chi connectivity index (χ3v) is 6.23. The Hall–Kier alpha value is 0.117. The van der Waals surface area contributed by atoms with Gasteiger partial charge in [-0.15, -0.1) is 19.7 Å². The van der Waals surface area contributed by atoms with E-state index in [1.54, 1.807) is 0 Å². The molecule has 0 aliphatic carbocycles. The van der Waals surface area contributed by atoms with Crippen molar-refractivity contribution in [3.63, 3.8) is 0 Å². The van der Waals surface area contributed by atoms with Crippen molar-refractivity contribution in [2.45, 2.75) is 0 Å². The van der Waals surface area contributed by atoms with E-state index < -0.39 is 14.6 Å². The molecule has 0 saturated carbocycles. The molecule has 6 nitrogen and oxygen atoms in total. The van der Waals surface area contributed by atoms with E-state index in [1.807, 2.05) is 0 Å². The standard InChI is InChI=1S/C9H16O6P2.Li/c1-4-7-13-16(10,11)17(12,14-8-5-2)15-9-6-3;/h4-6H,1-3,7-9H2,(H,10,11);/q;+1/p-1. The fourth-order valence-corrected chi connectivity index (χ4v) is 3.94. The second-order valence-corrected chi connectivity index (χ2v) is 8.28. The summed E-state index contributed by atoms with van der Waals surface area (Å²) in [4.78, 5) is 11.6. The summed E-state index contributed by atoms with van der Waals surface area (Å²) in [7, 11) is -9.19. The van der Waals surface area contributed by atoms with Crippen LogP contribution in [0.1, 0.15) is 0 Å². The van der Waals surface area contributed by atoms with Gasteiger partial charge in [0, 0.05) is 0 Å². The van der Waals surface area contributed by atoms with E-state index in [4.69, 9.17) is 0 Å². The van der Waals surface area contributed by atoms with Gasteiger partial charge < -0.3 is 9.42 Å². The van der Waals surface area contributed by atoms with Crippen molar-refractivity contribution >= 4 is 14.6 Å². The first kappa shape index (κ1) is 20.4. The molecular formula is C9H15LiO6P2. The first-order valence-electron chi connectivity index (χ1n) is 4.61. The van der Waals surface area contributed by atoms with Gasteiger partial charge in [-0.1, -0.05) is 18.2 Å². The van der Waals surface area contributed by atoms with Crippen LogP contribution in [0.15, 0.2) is 38.0 Å². The summed E-state index contributed by atoms with van der Waals surface area (Å²) in [6.07, 6.45) is 3.70. The van der Waals surface area contributed by atoms with E-state index in [9.17, 15) is 14.0 Å². The minimum absolute atomic E-state index is 0. The van der Waals surface area contributed by atoms with E-state index >= 15 is 0 Å². The summed E-state index contributed by atoms with van der Waals surface area (Å²) in [6.45, 7) is 9.13. The Kier molecular flexibility index (Phi) is 11.3. The van der Waals surface area contributed by atoms with E-state index in [2.05, 4.69) is 33.3 Å². The van der Waals surface area contributed by atoms with Crippen molar-refractivity contribution < 1.29 is 46.5 Å². The molecule has 0 heterocycles. The zero-order valence-electron chi connectivity index (χ0n) is 10.3. The summed E-state index contributed by atoms with van der Waals surface area (Å²) in [5.41, 5.74) is 0. The topological polar surface area (TPSA) is 84.9 Å². The van der Waals surface area contributed by atoms with Gasteiger partial charge in [0.2, 0.25) is 7.28 Å². The van der Waals surface area contributed by atoms with Gasteiger partial charge in [0.05, 0.1) is 19.8 Å². The first-order valence-corrected chi connectivity index (χ1v) is 8.40. The SMILES string of the molecule is C=CCOP(=O)([O-])P(=O)(OCC=C)OCC=C.[Li+]. The minimum atomic E-state index is -4.80. The van der Waals surface area contributed by atoms with Crippen LogP contribution in [0.25, 0.3) is 0 Å². The molecule has 0 aromatic heterocycles. The second kappa shape index (κ2) is 9.97. The van der Waals surface area contributed by atoms with Crippen LogP contribution in [0.5, 0.6) is 0 Å². The molecule has 18 heavy (non-hydrogen) atoms.